The fourth-order valence-corrected chi connectivity index (χ4v) is 3.20. The molecule has 13 heteroatoms. The van der Waals surface area contributed by atoms with Crippen molar-refractivity contribution in [3.05, 3.63) is 0 Å². The molecular formula is C12H21N5O7S. The number of hydrogen-bond acceptors (Lipinski definition) is 8. The molecule has 2 aliphatic heterocycles. The Balaban J connectivity index is 2.05. The summed E-state index contributed by atoms with van der Waals surface area (Å²) in [5.41, 5.74) is 0. The minimum Gasteiger partial charge on any atom is -0.309 e. The van der Waals surface area contributed by atoms with Gasteiger partial charge in [0, 0.05) is 19.5 Å². The SMILES string of the molecule is CN(C)CCC(=O)N(N)C(=O)C1CCC2CN1C(=O)N2OS(=O)(=O)O. The molecule has 0 spiro atoms. The lowest BCUT2D eigenvalue weighted by atomic mass is 10.00. The molecule has 0 saturated carbocycles. The van der Waals surface area contributed by atoms with Crippen LogP contribution in [0.1, 0.15) is 19.3 Å². The summed E-state index contributed by atoms with van der Waals surface area (Å²) in [6.45, 7) is 0.440. The molecule has 0 aliphatic carbocycles. The highest BCUT2D eigenvalue weighted by Crippen LogP contribution is 2.31. The lowest BCUT2D eigenvalue weighted by Gasteiger charge is -2.31. The second kappa shape index (κ2) is 7.21. The van der Waals surface area contributed by atoms with Crippen molar-refractivity contribution in [3.8, 4) is 0 Å². The van der Waals surface area contributed by atoms with E-state index in [4.69, 9.17) is 10.4 Å². The van der Waals surface area contributed by atoms with E-state index in [0.717, 1.165) is 4.90 Å². The standard InChI is InChI=1S/C12H21N5O7S/c1-14(2)6-5-10(18)16(13)11(19)9-4-3-8-7-15(9)12(20)17(8)24-25(21,22)23/h8-9H,3-7,13H2,1-2H3,(H,21,22,23). The Bertz CT molecular complexity index is 667. The molecule has 2 saturated heterocycles. The van der Waals surface area contributed by atoms with Gasteiger partial charge in [-0.15, -0.1) is 4.28 Å². The van der Waals surface area contributed by atoms with Gasteiger partial charge in [0.2, 0.25) is 5.91 Å². The number of hydroxylamine groups is 2. The zero-order valence-electron chi connectivity index (χ0n) is 13.9. The fourth-order valence-electron chi connectivity index (χ4n) is 2.81. The van der Waals surface area contributed by atoms with Gasteiger partial charge in [0.25, 0.3) is 5.91 Å². The zero-order valence-corrected chi connectivity index (χ0v) is 14.7. The predicted molar refractivity (Wildman–Crippen MR) is 82.6 cm³/mol. The monoisotopic (exact) mass is 379 g/mol. The van der Waals surface area contributed by atoms with Gasteiger partial charge in [-0.05, 0) is 26.9 Å². The second-order valence-electron chi connectivity index (χ2n) is 6.17. The van der Waals surface area contributed by atoms with E-state index in [2.05, 4.69) is 4.28 Å². The first-order valence-electron chi connectivity index (χ1n) is 7.54. The summed E-state index contributed by atoms with van der Waals surface area (Å²) in [6, 6.07) is -2.49. The molecule has 12 nitrogen and oxygen atoms in total. The number of nitrogens with zero attached hydrogens (tertiary/aromatic N) is 4. The molecule has 142 valence electrons. The molecule has 2 rings (SSSR count). The maximum atomic E-state index is 12.5. The third-order valence-corrected chi connectivity index (χ3v) is 4.41. The van der Waals surface area contributed by atoms with Crippen LogP contribution in [0.4, 0.5) is 4.79 Å². The number of hydrogen-bond donors (Lipinski definition) is 2. The lowest BCUT2D eigenvalue weighted by molar-refractivity contribution is -0.148. The maximum Gasteiger partial charge on any atom is 0.418 e. The van der Waals surface area contributed by atoms with E-state index in [1.54, 1.807) is 19.0 Å². The summed E-state index contributed by atoms with van der Waals surface area (Å²) in [5.74, 6) is 4.26. The molecule has 2 atom stereocenters. The number of carbonyl (C=O) groups is 3. The summed E-state index contributed by atoms with van der Waals surface area (Å²) >= 11 is 0. The van der Waals surface area contributed by atoms with Gasteiger partial charge in [-0.1, -0.05) is 0 Å². The van der Waals surface area contributed by atoms with Crippen molar-refractivity contribution in [1.82, 2.24) is 19.9 Å². The van der Waals surface area contributed by atoms with Gasteiger partial charge < -0.3 is 9.80 Å². The first kappa shape index (κ1) is 19.5. The smallest absolute Gasteiger partial charge is 0.309 e. The van der Waals surface area contributed by atoms with E-state index in [0.29, 0.717) is 16.6 Å². The average molecular weight is 379 g/mol. The van der Waals surface area contributed by atoms with Gasteiger partial charge in [0.15, 0.2) is 0 Å². The normalized spacial score (nSPS) is 23.3. The van der Waals surface area contributed by atoms with Crippen LogP contribution in [-0.2, 0) is 24.3 Å². The average Bonchev–Trinajstić information content (AvgIpc) is 2.75. The summed E-state index contributed by atoms with van der Waals surface area (Å²) in [5, 5.41) is 1.02. The van der Waals surface area contributed by atoms with Crippen molar-refractivity contribution < 1.29 is 31.6 Å². The second-order valence-corrected chi connectivity index (χ2v) is 7.17. The number of amides is 4. The van der Waals surface area contributed by atoms with E-state index in [9.17, 15) is 22.8 Å². The van der Waals surface area contributed by atoms with Crippen LogP contribution in [0, 0.1) is 0 Å². The van der Waals surface area contributed by atoms with Crippen molar-refractivity contribution in [2.75, 3.05) is 27.2 Å². The van der Waals surface area contributed by atoms with Crippen molar-refractivity contribution in [3.63, 3.8) is 0 Å². The summed E-state index contributed by atoms with van der Waals surface area (Å²) < 4.78 is 34.7. The molecule has 4 amide bonds. The Morgan fingerprint density at radius 3 is 2.56 bits per heavy atom. The zero-order chi connectivity index (χ0) is 18.9. The van der Waals surface area contributed by atoms with Crippen LogP contribution in [0.5, 0.6) is 0 Å². The third kappa shape index (κ3) is 4.43. The van der Waals surface area contributed by atoms with Gasteiger partial charge in [0.1, 0.15) is 6.04 Å². The Morgan fingerprint density at radius 1 is 1.36 bits per heavy atom. The highest BCUT2D eigenvalue weighted by molar-refractivity contribution is 7.80. The Morgan fingerprint density at radius 2 is 2.00 bits per heavy atom. The Hall–Kier alpha value is -1.80. The van der Waals surface area contributed by atoms with Crippen molar-refractivity contribution in [1.29, 1.82) is 0 Å². The molecule has 2 unspecified atom stereocenters. The highest BCUT2D eigenvalue weighted by atomic mass is 32.3. The van der Waals surface area contributed by atoms with Crippen LogP contribution in [0.3, 0.4) is 0 Å². The molecule has 0 radical (unpaired) electrons. The molecule has 3 N–H and O–H groups in total. The number of urea groups is 1. The number of hydrazine groups is 1. The van der Waals surface area contributed by atoms with Crippen LogP contribution < -0.4 is 5.84 Å². The van der Waals surface area contributed by atoms with Gasteiger partial charge in [-0.25, -0.2) is 15.6 Å². The van der Waals surface area contributed by atoms with Crippen LogP contribution >= 0.6 is 0 Å². The number of carbonyl (C=O) groups excluding carboxylic acids is 3. The van der Waals surface area contributed by atoms with Crippen LogP contribution in [-0.4, -0.2) is 90.0 Å². The third-order valence-electron chi connectivity index (χ3n) is 4.06. The quantitative estimate of drug-likeness (QED) is 0.235. The van der Waals surface area contributed by atoms with E-state index in [1.165, 1.54) is 0 Å². The molecule has 25 heavy (non-hydrogen) atoms. The van der Waals surface area contributed by atoms with E-state index in [1.807, 2.05) is 0 Å². The van der Waals surface area contributed by atoms with Gasteiger partial charge in [-0.3, -0.25) is 14.1 Å². The summed E-state index contributed by atoms with van der Waals surface area (Å²) in [7, 11) is -1.33. The molecule has 0 aromatic heterocycles. The Kier molecular flexibility index (Phi) is 5.63. The van der Waals surface area contributed by atoms with Gasteiger partial charge in [-0.2, -0.15) is 13.5 Å². The number of fused-ring (bicyclic) bond motifs is 2. The first-order chi connectivity index (χ1) is 11.5. The highest BCUT2D eigenvalue weighted by Gasteiger charge is 2.50. The largest absolute Gasteiger partial charge is 0.418 e. The van der Waals surface area contributed by atoms with Crippen molar-refractivity contribution >= 4 is 28.2 Å². The topological polar surface area (TPSA) is 154 Å². The lowest BCUT2D eigenvalue weighted by Crippen LogP contribution is -2.55. The minimum absolute atomic E-state index is 0.0322. The summed E-state index contributed by atoms with van der Waals surface area (Å²) in [6.07, 6.45) is 0.486. The molecule has 2 bridgehead atoms. The summed E-state index contributed by atoms with van der Waals surface area (Å²) in [4.78, 5) is 39.5. The Labute approximate surface area is 144 Å². The first-order valence-corrected chi connectivity index (χ1v) is 8.91. The van der Waals surface area contributed by atoms with Crippen LogP contribution in [0.15, 0.2) is 0 Å². The van der Waals surface area contributed by atoms with Crippen molar-refractivity contribution in [2.45, 2.75) is 31.3 Å². The molecule has 2 fully saturated rings. The van der Waals surface area contributed by atoms with E-state index < -0.39 is 40.3 Å². The fraction of sp³-hybridized carbons (Fsp3) is 0.750. The number of imide groups is 1. The number of rotatable bonds is 6. The molecular weight excluding hydrogens is 358 g/mol. The molecule has 2 aliphatic rings. The molecule has 0 aromatic carbocycles. The predicted octanol–water partition coefficient (Wildman–Crippen LogP) is -1.83. The van der Waals surface area contributed by atoms with E-state index in [-0.39, 0.29) is 25.8 Å². The van der Waals surface area contributed by atoms with Crippen molar-refractivity contribution in [2.24, 2.45) is 5.84 Å². The molecule has 0 aromatic rings. The van der Waals surface area contributed by atoms with Gasteiger partial charge >= 0.3 is 16.4 Å². The van der Waals surface area contributed by atoms with Gasteiger partial charge in [0.05, 0.1) is 6.04 Å². The number of piperidine rings is 1. The number of nitrogens with two attached hydrogens (primary N) is 1. The van der Waals surface area contributed by atoms with Crippen LogP contribution in [0.2, 0.25) is 0 Å². The van der Waals surface area contributed by atoms with E-state index >= 15 is 0 Å². The maximum absolute atomic E-state index is 12.5. The minimum atomic E-state index is -4.86. The molecule has 2 heterocycles. The van der Waals surface area contributed by atoms with Crippen LogP contribution in [0.25, 0.3) is 0 Å².